The Morgan fingerprint density at radius 1 is 1.38 bits per heavy atom. The van der Waals surface area contributed by atoms with Gasteiger partial charge in [-0.2, -0.15) is 5.10 Å². The standard InChI is InChI=1S/C10H15N5S/c1-7-9(12-6-5-11-7)8(2)13-14-10(16)15(3)4/h5-6H,1-4H3,(H,14,16)/b13-8-. The molecule has 0 saturated heterocycles. The number of hydrogen-bond donors (Lipinski definition) is 1. The van der Waals surface area contributed by atoms with Crippen molar-refractivity contribution in [1.29, 1.82) is 0 Å². The average molecular weight is 237 g/mol. The molecule has 6 heteroatoms. The maximum atomic E-state index is 5.05. The molecule has 1 aromatic rings. The minimum Gasteiger partial charge on any atom is -0.354 e. The number of thiocarbonyl (C=S) groups is 1. The van der Waals surface area contributed by atoms with E-state index in [0.29, 0.717) is 5.11 Å². The van der Waals surface area contributed by atoms with Gasteiger partial charge < -0.3 is 4.90 Å². The van der Waals surface area contributed by atoms with Crippen molar-refractivity contribution in [3.05, 3.63) is 23.8 Å². The molecular weight excluding hydrogens is 222 g/mol. The number of hydrazone groups is 1. The predicted octanol–water partition coefficient (Wildman–Crippen LogP) is 0.945. The fourth-order valence-corrected chi connectivity index (χ4v) is 1.09. The van der Waals surface area contributed by atoms with Crippen molar-refractivity contribution in [3.8, 4) is 0 Å². The molecule has 0 amide bonds. The molecule has 0 saturated carbocycles. The number of aromatic nitrogens is 2. The Bertz CT molecular complexity index is 413. The Hall–Kier alpha value is -1.56. The summed E-state index contributed by atoms with van der Waals surface area (Å²) in [6, 6.07) is 0. The van der Waals surface area contributed by atoms with E-state index in [0.717, 1.165) is 17.1 Å². The quantitative estimate of drug-likeness (QED) is 0.471. The summed E-state index contributed by atoms with van der Waals surface area (Å²) in [6.07, 6.45) is 3.30. The van der Waals surface area contributed by atoms with Gasteiger partial charge in [-0.25, -0.2) is 0 Å². The maximum absolute atomic E-state index is 5.05. The van der Waals surface area contributed by atoms with Crippen LogP contribution < -0.4 is 5.43 Å². The van der Waals surface area contributed by atoms with Crippen molar-refractivity contribution in [2.45, 2.75) is 13.8 Å². The number of hydrogen-bond acceptors (Lipinski definition) is 4. The molecule has 16 heavy (non-hydrogen) atoms. The van der Waals surface area contributed by atoms with Crippen LogP contribution in [0.4, 0.5) is 0 Å². The van der Waals surface area contributed by atoms with E-state index in [-0.39, 0.29) is 0 Å². The van der Waals surface area contributed by atoms with E-state index >= 15 is 0 Å². The Kier molecular flexibility index (Phi) is 4.30. The van der Waals surface area contributed by atoms with E-state index in [2.05, 4.69) is 20.5 Å². The van der Waals surface area contributed by atoms with Gasteiger partial charge in [0.05, 0.1) is 11.4 Å². The molecule has 1 heterocycles. The molecule has 0 bridgehead atoms. The van der Waals surface area contributed by atoms with E-state index in [9.17, 15) is 0 Å². The second-order valence-corrected chi connectivity index (χ2v) is 3.89. The first kappa shape index (κ1) is 12.5. The highest BCUT2D eigenvalue weighted by Gasteiger charge is 2.04. The molecule has 0 spiro atoms. The SMILES string of the molecule is C/C(=N/NC(=S)N(C)C)c1nccnc1C. The van der Waals surface area contributed by atoms with Gasteiger partial charge in [0.25, 0.3) is 0 Å². The summed E-state index contributed by atoms with van der Waals surface area (Å²) >= 11 is 5.05. The average Bonchev–Trinajstić information content (AvgIpc) is 2.25. The summed E-state index contributed by atoms with van der Waals surface area (Å²) in [5.41, 5.74) is 5.17. The van der Waals surface area contributed by atoms with Crippen molar-refractivity contribution in [1.82, 2.24) is 20.3 Å². The van der Waals surface area contributed by atoms with Gasteiger partial charge in [0, 0.05) is 26.5 Å². The molecular formula is C10H15N5S. The number of rotatable bonds is 2. The van der Waals surface area contributed by atoms with Crippen molar-refractivity contribution in [2.75, 3.05) is 14.1 Å². The van der Waals surface area contributed by atoms with Crippen LogP contribution in [0.2, 0.25) is 0 Å². The topological polar surface area (TPSA) is 53.4 Å². The molecule has 5 nitrogen and oxygen atoms in total. The van der Waals surface area contributed by atoms with E-state index in [1.54, 1.807) is 17.3 Å². The fraction of sp³-hybridized carbons (Fsp3) is 0.400. The van der Waals surface area contributed by atoms with Crippen LogP contribution >= 0.6 is 12.2 Å². The van der Waals surface area contributed by atoms with E-state index in [4.69, 9.17) is 12.2 Å². The summed E-state index contributed by atoms with van der Waals surface area (Å²) in [5, 5.41) is 4.71. The van der Waals surface area contributed by atoms with Gasteiger partial charge in [-0.15, -0.1) is 0 Å². The van der Waals surface area contributed by atoms with Gasteiger partial charge in [0.15, 0.2) is 5.11 Å². The van der Waals surface area contributed by atoms with Crippen molar-refractivity contribution < 1.29 is 0 Å². The van der Waals surface area contributed by atoms with E-state index in [1.165, 1.54) is 0 Å². The maximum Gasteiger partial charge on any atom is 0.189 e. The summed E-state index contributed by atoms with van der Waals surface area (Å²) in [5.74, 6) is 0. The lowest BCUT2D eigenvalue weighted by Crippen LogP contribution is -2.31. The Labute approximate surface area is 101 Å². The fourth-order valence-electron chi connectivity index (χ4n) is 1.05. The monoisotopic (exact) mass is 237 g/mol. The van der Waals surface area contributed by atoms with Crippen LogP contribution in [0.15, 0.2) is 17.5 Å². The molecule has 1 aromatic heterocycles. The second-order valence-electron chi connectivity index (χ2n) is 3.50. The van der Waals surface area contributed by atoms with Crippen molar-refractivity contribution >= 4 is 23.0 Å². The summed E-state index contributed by atoms with van der Waals surface area (Å²) in [6.45, 7) is 3.76. The molecule has 0 aromatic carbocycles. The summed E-state index contributed by atoms with van der Waals surface area (Å²) < 4.78 is 0. The molecule has 0 aliphatic carbocycles. The first-order valence-corrected chi connectivity index (χ1v) is 5.22. The molecule has 1 rings (SSSR count). The normalized spacial score (nSPS) is 11.1. The Morgan fingerprint density at radius 2 is 2.00 bits per heavy atom. The van der Waals surface area contributed by atoms with E-state index < -0.39 is 0 Å². The predicted molar refractivity (Wildman–Crippen MR) is 68.4 cm³/mol. The van der Waals surface area contributed by atoms with Gasteiger partial charge in [0.1, 0.15) is 5.69 Å². The highest BCUT2D eigenvalue weighted by Crippen LogP contribution is 2.00. The van der Waals surface area contributed by atoms with Gasteiger partial charge in [0.2, 0.25) is 0 Å². The van der Waals surface area contributed by atoms with Crippen LogP contribution in [0, 0.1) is 6.92 Å². The zero-order chi connectivity index (χ0) is 12.1. The molecule has 0 aliphatic heterocycles. The molecule has 1 N–H and O–H groups in total. The lowest BCUT2D eigenvalue weighted by atomic mass is 10.2. The third-order valence-corrected chi connectivity index (χ3v) is 2.41. The number of aryl methyl sites for hydroxylation is 1. The van der Waals surface area contributed by atoms with E-state index in [1.807, 2.05) is 27.9 Å². The van der Waals surface area contributed by atoms with Crippen molar-refractivity contribution in [2.24, 2.45) is 5.10 Å². The molecule has 0 fully saturated rings. The zero-order valence-electron chi connectivity index (χ0n) is 9.85. The molecule has 86 valence electrons. The lowest BCUT2D eigenvalue weighted by Gasteiger charge is -2.12. The molecule has 0 atom stereocenters. The van der Waals surface area contributed by atoms with Crippen LogP contribution in [0.3, 0.4) is 0 Å². The van der Waals surface area contributed by atoms with Gasteiger partial charge >= 0.3 is 0 Å². The highest BCUT2D eigenvalue weighted by molar-refractivity contribution is 7.80. The largest absolute Gasteiger partial charge is 0.354 e. The molecule has 0 aliphatic rings. The number of nitrogens with one attached hydrogen (secondary N) is 1. The number of nitrogens with zero attached hydrogens (tertiary/aromatic N) is 4. The van der Waals surface area contributed by atoms with Gasteiger partial charge in [-0.3, -0.25) is 15.4 Å². The minimum atomic E-state index is 0.556. The molecule has 0 radical (unpaired) electrons. The second kappa shape index (κ2) is 5.50. The van der Waals surface area contributed by atoms with Crippen LogP contribution in [-0.2, 0) is 0 Å². The van der Waals surface area contributed by atoms with Crippen LogP contribution in [0.25, 0.3) is 0 Å². The Morgan fingerprint density at radius 3 is 2.56 bits per heavy atom. The van der Waals surface area contributed by atoms with Crippen LogP contribution in [0.1, 0.15) is 18.3 Å². The lowest BCUT2D eigenvalue weighted by molar-refractivity contribution is 0.606. The van der Waals surface area contributed by atoms with Crippen LogP contribution in [-0.4, -0.2) is 39.8 Å². The third-order valence-electron chi connectivity index (χ3n) is 1.95. The Balaban J connectivity index is 2.79. The third kappa shape index (κ3) is 3.23. The molecule has 0 unspecified atom stereocenters. The van der Waals surface area contributed by atoms with Crippen molar-refractivity contribution in [3.63, 3.8) is 0 Å². The van der Waals surface area contributed by atoms with Gasteiger partial charge in [-0.05, 0) is 26.1 Å². The first-order chi connectivity index (χ1) is 7.52. The zero-order valence-corrected chi connectivity index (χ0v) is 10.7. The summed E-state index contributed by atoms with van der Waals surface area (Å²) in [7, 11) is 3.71. The highest BCUT2D eigenvalue weighted by atomic mass is 32.1. The smallest absolute Gasteiger partial charge is 0.189 e. The minimum absolute atomic E-state index is 0.556. The first-order valence-electron chi connectivity index (χ1n) is 4.82. The summed E-state index contributed by atoms with van der Waals surface area (Å²) in [4.78, 5) is 10.1. The van der Waals surface area contributed by atoms with Gasteiger partial charge in [-0.1, -0.05) is 0 Å². The van der Waals surface area contributed by atoms with Crippen LogP contribution in [0.5, 0.6) is 0 Å².